The van der Waals surface area contributed by atoms with Gasteiger partial charge < -0.3 is 30.3 Å². The van der Waals surface area contributed by atoms with Crippen LogP contribution < -0.4 is 11.1 Å². The lowest BCUT2D eigenvalue weighted by Gasteiger charge is -2.40. The first-order chi connectivity index (χ1) is 22.5. The van der Waals surface area contributed by atoms with E-state index in [9.17, 15) is 14.4 Å². The molecular weight excluding hydrogens is 752 g/mol. The lowest BCUT2D eigenvalue weighted by molar-refractivity contribution is 0.0151. The summed E-state index contributed by atoms with van der Waals surface area (Å²) in [4.78, 5) is 37.6. The summed E-state index contributed by atoms with van der Waals surface area (Å²) in [6, 6.07) is 12.0. The molecule has 0 spiro atoms. The Bertz CT molecular complexity index is 1400. The minimum Gasteiger partial charge on any atom is -0.444 e. The minimum atomic E-state index is -0.436. The van der Waals surface area contributed by atoms with Crippen LogP contribution in [0.1, 0.15) is 108 Å². The van der Waals surface area contributed by atoms with E-state index in [1.54, 1.807) is 11.0 Å². The van der Waals surface area contributed by atoms with Crippen LogP contribution >= 0.6 is 31.9 Å². The molecule has 2 aromatic rings. The molecule has 11 heteroatoms. The summed E-state index contributed by atoms with van der Waals surface area (Å²) in [5.74, 6) is 0. The Balaban J connectivity index is 0.000000283. The number of aryl methyl sites for hydroxylation is 2. The van der Waals surface area contributed by atoms with E-state index in [-0.39, 0.29) is 23.3 Å². The van der Waals surface area contributed by atoms with Crippen molar-refractivity contribution in [3.05, 3.63) is 67.6 Å². The summed E-state index contributed by atoms with van der Waals surface area (Å²) < 4.78 is 12.9. The molecule has 2 fully saturated rings. The Kier molecular flexibility index (Phi) is 15.8. The van der Waals surface area contributed by atoms with Crippen LogP contribution in [0.4, 0.5) is 9.59 Å². The largest absolute Gasteiger partial charge is 0.444 e. The second kappa shape index (κ2) is 18.1. The van der Waals surface area contributed by atoms with Crippen molar-refractivity contribution in [1.29, 1.82) is 0 Å². The first kappa shape index (κ1) is 42.7. The van der Waals surface area contributed by atoms with Gasteiger partial charge in [-0.2, -0.15) is 0 Å². The molecule has 2 aromatic carbocycles. The van der Waals surface area contributed by atoms with Gasteiger partial charge >= 0.3 is 12.2 Å². The van der Waals surface area contributed by atoms with Gasteiger partial charge in [-0.25, -0.2) is 9.59 Å². The van der Waals surface area contributed by atoms with Gasteiger partial charge in [0.25, 0.3) is 0 Å². The average Bonchev–Trinajstić information content (AvgIpc) is 2.98. The Labute approximate surface area is 311 Å². The second-order valence-corrected chi connectivity index (χ2v) is 17.4. The Morgan fingerprint density at radius 1 is 0.796 bits per heavy atom. The maximum Gasteiger partial charge on any atom is 0.410 e. The van der Waals surface area contributed by atoms with Gasteiger partial charge in [-0.3, -0.25) is 4.79 Å². The number of hydrogen-bond acceptors (Lipinski definition) is 7. The normalized spacial score (nSPS) is 17.1. The summed E-state index contributed by atoms with van der Waals surface area (Å²) in [6.45, 7) is 23.4. The lowest BCUT2D eigenvalue weighted by atomic mass is 9.89. The van der Waals surface area contributed by atoms with Crippen LogP contribution in [0, 0.1) is 13.8 Å². The van der Waals surface area contributed by atoms with Crippen LogP contribution in [-0.2, 0) is 16.0 Å². The number of aldehydes is 1. The molecular formula is C38H58Br2N4O5. The zero-order chi connectivity index (χ0) is 37.2. The average molecular weight is 811 g/mol. The molecule has 0 atom stereocenters. The quantitative estimate of drug-likeness (QED) is 0.297. The van der Waals surface area contributed by atoms with E-state index in [1.807, 2.05) is 72.4 Å². The lowest BCUT2D eigenvalue weighted by Crippen LogP contribution is -2.53. The van der Waals surface area contributed by atoms with Crippen LogP contribution in [0.5, 0.6) is 0 Å². The van der Waals surface area contributed by atoms with Gasteiger partial charge in [-0.05, 0) is 124 Å². The van der Waals surface area contributed by atoms with E-state index in [4.69, 9.17) is 15.2 Å². The number of hydrogen-bond donors (Lipinski definition) is 2. The molecule has 0 aliphatic carbocycles. The van der Waals surface area contributed by atoms with Gasteiger partial charge in [0, 0.05) is 58.3 Å². The number of nitrogens with zero attached hydrogens (tertiary/aromatic N) is 2. The number of piperidine rings is 2. The number of rotatable bonds is 4. The predicted octanol–water partition coefficient (Wildman–Crippen LogP) is 8.94. The van der Waals surface area contributed by atoms with Crippen LogP contribution in [-0.4, -0.2) is 76.7 Å². The molecule has 0 bridgehead atoms. The zero-order valence-electron chi connectivity index (χ0n) is 31.2. The van der Waals surface area contributed by atoms with Crippen molar-refractivity contribution < 1.29 is 23.9 Å². The number of carbonyl (C=O) groups excluding carboxylic acids is 3. The highest BCUT2D eigenvalue weighted by atomic mass is 79.9. The molecule has 2 saturated heterocycles. The SMILES string of the molecule is CC1(N)CCN(C(=O)OC(C)(C)C)CC1.Cc1ccc(C=O)cc1Br.Cc1ccc(CNC2(C)CCN(C(=O)OC(C)(C)C)CC2)cc1Br. The maximum absolute atomic E-state index is 12.2. The number of nitrogens with two attached hydrogens (primary N) is 1. The van der Waals surface area contributed by atoms with Gasteiger partial charge in [0.1, 0.15) is 17.5 Å². The molecule has 0 aromatic heterocycles. The first-order valence-corrected chi connectivity index (χ1v) is 18.6. The van der Waals surface area contributed by atoms with Crippen molar-refractivity contribution in [2.75, 3.05) is 26.2 Å². The number of ether oxygens (including phenoxy) is 2. The smallest absolute Gasteiger partial charge is 0.410 e. The monoisotopic (exact) mass is 808 g/mol. The number of nitrogens with one attached hydrogen (secondary N) is 1. The summed E-state index contributed by atoms with van der Waals surface area (Å²) >= 11 is 6.92. The molecule has 274 valence electrons. The molecule has 2 aliphatic rings. The number of carbonyl (C=O) groups is 3. The minimum absolute atomic E-state index is 0.0515. The summed E-state index contributed by atoms with van der Waals surface area (Å²) in [6.07, 6.45) is 3.95. The number of halogens is 2. The summed E-state index contributed by atoms with van der Waals surface area (Å²) in [5.41, 5.74) is 9.42. The van der Waals surface area contributed by atoms with Crippen LogP contribution in [0.3, 0.4) is 0 Å². The van der Waals surface area contributed by atoms with E-state index in [0.29, 0.717) is 18.7 Å². The van der Waals surface area contributed by atoms with Crippen molar-refractivity contribution in [3.63, 3.8) is 0 Å². The highest BCUT2D eigenvalue weighted by Gasteiger charge is 2.33. The summed E-state index contributed by atoms with van der Waals surface area (Å²) in [7, 11) is 0. The number of likely N-dealkylation sites (tertiary alicyclic amines) is 2. The van der Waals surface area contributed by atoms with E-state index >= 15 is 0 Å². The second-order valence-electron chi connectivity index (χ2n) is 15.7. The van der Waals surface area contributed by atoms with E-state index < -0.39 is 11.2 Å². The van der Waals surface area contributed by atoms with Crippen molar-refractivity contribution in [1.82, 2.24) is 15.1 Å². The molecule has 49 heavy (non-hydrogen) atoms. The standard InChI is InChI=1S/C19H29BrN2O2.C11H22N2O2.C8H7BrO/c1-14-6-7-15(12-16(14)20)13-21-19(5)8-10-22(11-9-19)17(23)24-18(2,3)4;1-10(2,3)15-9(14)13-7-5-11(4,12)6-8-13;1-6-2-3-7(5-10)4-8(6)9/h6-7,12,21H,8-11,13H2,1-5H3;5-8,12H2,1-4H3;2-5H,1H3. The molecule has 0 saturated carbocycles. The van der Waals surface area contributed by atoms with Gasteiger partial charge in [0.15, 0.2) is 0 Å². The van der Waals surface area contributed by atoms with Gasteiger partial charge in [-0.15, -0.1) is 0 Å². The van der Waals surface area contributed by atoms with Crippen molar-refractivity contribution in [2.24, 2.45) is 5.73 Å². The van der Waals surface area contributed by atoms with E-state index in [1.165, 1.54) is 11.1 Å². The zero-order valence-corrected chi connectivity index (χ0v) is 34.3. The Morgan fingerprint density at radius 3 is 1.63 bits per heavy atom. The molecule has 9 nitrogen and oxygen atoms in total. The topological polar surface area (TPSA) is 114 Å². The van der Waals surface area contributed by atoms with Crippen LogP contribution in [0.2, 0.25) is 0 Å². The van der Waals surface area contributed by atoms with E-state index in [2.05, 4.69) is 69.2 Å². The maximum atomic E-state index is 12.2. The molecule has 2 amide bonds. The van der Waals surface area contributed by atoms with Gasteiger partial charge in [-0.1, -0.05) is 56.1 Å². The highest BCUT2D eigenvalue weighted by molar-refractivity contribution is 9.10. The van der Waals surface area contributed by atoms with Crippen LogP contribution in [0.25, 0.3) is 0 Å². The number of amides is 2. The third-order valence-electron chi connectivity index (χ3n) is 8.36. The van der Waals surface area contributed by atoms with Gasteiger partial charge in [0.05, 0.1) is 0 Å². The van der Waals surface area contributed by atoms with Crippen molar-refractivity contribution in [3.8, 4) is 0 Å². The molecule has 2 aliphatic heterocycles. The fraction of sp³-hybridized carbons (Fsp3) is 0.605. The first-order valence-electron chi connectivity index (χ1n) is 17.0. The molecule has 3 N–H and O–H groups in total. The van der Waals surface area contributed by atoms with Crippen molar-refractivity contribution >= 4 is 50.3 Å². The fourth-order valence-corrected chi connectivity index (χ4v) is 5.78. The fourth-order valence-electron chi connectivity index (χ4n) is 4.96. The van der Waals surface area contributed by atoms with Crippen molar-refractivity contribution in [2.45, 2.75) is 124 Å². The molecule has 0 unspecified atom stereocenters. The van der Waals surface area contributed by atoms with E-state index in [0.717, 1.165) is 66.1 Å². The highest BCUT2D eigenvalue weighted by Crippen LogP contribution is 2.25. The van der Waals surface area contributed by atoms with Gasteiger partial charge in [0.2, 0.25) is 0 Å². The molecule has 2 heterocycles. The third-order valence-corrected chi connectivity index (χ3v) is 10.1. The summed E-state index contributed by atoms with van der Waals surface area (Å²) in [5, 5.41) is 3.67. The molecule has 0 radical (unpaired) electrons. The Morgan fingerprint density at radius 2 is 1.22 bits per heavy atom. The predicted molar refractivity (Wildman–Crippen MR) is 205 cm³/mol. The Hall–Kier alpha value is -2.47. The number of benzene rings is 2. The third kappa shape index (κ3) is 16.0. The molecule has 4 rings (SSSR count). The van der Waals surface area contributed by atoms with Crippen LogP contribution in [0.15, 0.2) is 45.3 Å².